The molecule has 0 aromatic carbocycles. The number of carbonyl (C=O) groups is 2. The van der Waals surface area contributed by atoms with E-state index in [9.17, 15) is 9.59 Å². The Bertz CT molecular complexity index is 109. The van der Waals surface area contributed by atoms with Crippen molar-refractivity contribution in [1.29, 1.82) is 0 Å². The summed E-state index contributed by atoms with van der Waals surface area (Å²) < 4.78 is 0. The Morgan fingerprint density at radius 1 is 1.50 bits per heavy atom. The molecule has 0 saturated carbocycles. The molecule has 8 heavy (non-hydrogen) atoms. The predicted molar refractivity (Wildman–Crippen MR) is 33.8 cm³/mol. The van der Waals surface area contributed by atoms with Gasteiger partial charge in [0, 0.05) is 0 Å². The lowest BCUT2D eigenvalue weighted by atomic mass is 10.3. The van der Waals surface area contributed by atoms with Gasteiger partial charge in [0.2, 0.25) is 0 Å². The van der Waals surface area contributed by atoms with E-state index >= 15 is 0 Å². The second-order valence-electron chi connectivity index (χ2n) is 1.45. The van der Waals surface area contributed by atoms with Crippen LogP contribution in [0.5, 0.6) is 0 Å². The molecule has 0 atom stereocenters. The summed E-state index contributed by atoms with van der Waals surface area (Å²) in [4.78, 5) is 20.5. The summed E-state index contributed by atoms with van der Waals surface area (Å²) in [5.41, 5.74) is 0. The Morgan fingerprint density at radius 3 is 2.12 bits per heavy atom. The van der Waals surface area contributed by atoms with E-state index in [-0.39, 0.29) is 17.3 Å². The van der Waals surface area contributed by atoms with Crippen molar-refractivity contribution in [3.8, 4) is 0 Å². The van der Waals surface area contributed by atoms with Crippen LogP contribution in [0.4, 0.5) is 0 Å². The van der Waals surface area contributed by atoms with Crippen LogP contribution in [-0.4, -0.2) is 17.2 Å². The lowest BCUT2D eigenvalue weighted by molar-refractivity contribution is -0.121. The lowest BCUT2D eigenvalue weighted by Gasteiger charge is -1.86. The molecule has 0 radical (unpaired) electrons. The zero-order valence-corrected chi connectivity index (χ0v) is 5.75. The Kier molecular flexibility index (Phi) is 3.52. The number of hydrogen-bond donors (Lipinski definition) is 0. The van der Waals surface area contributed by atoms with Crippen molar-refractivity contribution in [3.63, 3.8) is 0 Å². The Balaban J connectivity index is 3.40. The van der Waals surface area contributed by atoms with Crippen molar-refractivity contribution in [2.75, 3.05) is 6.26 Å². The van der Waals surface area contributed by atoms with Crippen LogP contribution in [0.1, 0.15) is 13.3 Å². The van der Waals surface area contributed by atoms with E-state index < -0.39 is 0 Å². The minimum absolute atomic E-state index is 0.0579. The fourth-order valence-electron chi connectivity index (χ4n) is 0.275. The van der Waals surface area contributed by atoms with Crippen LogP contribution in [0.15, 0.2) is 0 Å². The van der Waals surface area contributed by atoms with Crippen LogP contribution in [0, 0.1) is 0 Å². The highest BCUT2D eigenvalue weighted by Gasteiger charge is 2.00. The van der Waals surface area contributed by atoms with Gasteiger partial charge in [-0.3, -0.25) is 9.59 Å². The average Bonchev–Trinajstić information content (AvgIpc) is 1.65. The molecule has 0 unspecified atom stereocenters. The van der Waals surface area contributed by atoms with Gasteiger partial charge in [-0.25, -0.2) is 0 Å². The topological polar surface area (TPSA) is 34.1 Å². The third kappa shape index (κ3) is 3.87. The molecule has 0 saturated heterocycles. The molecule has 46 valence electrons. The molecule has 0 aromatic rings. The van der Waals surface area contributed by atoms with Crippen molar-refractivity contribution < 1.29 is 9.59 Å². The highest BCUT2D eigenvalue weighted by atomic mass is 32.2. The van der Waals surface area contributed by atoms with Gasteiger partial charge in [0.1, 0.15) is 5.78 Å². The van der Waals surface area contributed by atoms with Gasteiger partial charge in [-0.05, 0) is 13.2 Å². The first-order valence-electron chi connectivity index (χ1n) is 2.23. The van der Waals surface area contributed by atoms with E-state index in [0.29, 0.717) is 0 Å². The first-order valence-corrected chi connectivity index (χ1v) is 3.45. The van der Waals surface area contributed by atoms with Gasteiger partial charge in [-0.1, -0.05) is 11.8 Å². The second kappa shape index (κ2) is 3.66. The van der Waals surface area contributed by atoms with Gasteiger partial charge in [-0.2, -0.15) is 0 Å². The molecule has 0 bridgehead atoms. The van der Waals surface area contributed by atoms with Crippen LogP contribution in [0.3, 0.4) is 0 Å². The summed E-state index contributed by atoms with van der Waals surface area (Å²) in [5, 5.41) is -0.0579. The molecule has 0 aliphatic rings. The fourth-order valence-corrected chi connectivity index (χ4v) is 0.623. The maximum atomic E-state index is 10.4. The Labute approximate surface area is 52.6 Å². The third-order valence-electron chi connectivity index (χ3n) is 0.621. The molecule has 0 aliphatic carbocycles. The molecular weight excluding hydrogens is 124 g/mol. The first-order chi connectivity index (χ1) is 3.66. The molecule has 3 heteroatoms. The molecule has 0 aliphatic heterocycles. The van der Waals surface area contributed by atoms with Gasteiger partial charge < -0.3 is 0 Å². The average molecular weight is 132 g/mol. The molecule has 0 aromatic heterocycles. The number of ketones is 1. The van der Waals surface area contributed by atoms with Crippen LogP contribution >= 0.6 is 11.8 Å². The zero-order chi connectivity index (χ0) is 6.57. The van der Waals surface area contributed by atoms with E-state index in [0.717, 1.165) is 11.8 Å². The highest BCUT2D eigenvalue weighted by Crippen LogP contribution is 1.98. The standard InChI is InChI=1S/C5H8O2S/c1-4(6)3-5(7)8-2/h3H2,1-2H3. The molecule has 0 amide bonds. The molecular formula is C5H8O2S. The number of hydrogen-bond acceptors (Lipinski definition) is 3. The summed E-state index contributed by atoms with van der Waals surface area (Å²) in [7, 11) is 0. The van der Waals surface area contributed by atoms with Crippen molar-refractivity contribution in [1.82, 2.24) is 0 Å². The third-order valence-corrected chi connectivity index (χ3v) is 1.22. The number of thioether (sulfide) groups is 1. The van der Waals surface area contributed by atoms with Gasteiger partial charge in [0.25, 0.3) is 0 Å². The molecule has 0 spiro atoms. The molecule has 0 heterocycles. The SMILES string of the molecule is CSC(=O)CC(C)=O. The highest BCUT2D eigenvalue weighted by molar-refractivity contribution is 8.13. The minimum atomic E-state index is -0.0654. The summed E-state index contributed by atoms with van der Waals surface area (Å²) in [6.45, 7) is 1.41. The molecule has 2 nitrogen and oxygen atoms in total. The maximum Gasteiger partial charge on any atom is 0.196 e. The molecule has 0 rings (SSSR count). The Hall–Kier alpha value is -0.310. The van der Waals surface area contributed by atoms with Gasteiger partial charge >= 0.3 is 0 Å². The lowest BCUT2D eigenvalue weighted by Crippen LogP contribution is -1.97. The van der Waals surface area contributed by atoms with Crippen LogP contribution in [0.25, 0.3) is 0 Å². The number of Topliss-reactive ketones (excluding diaryl/α,β-unsaturated/α-hetero) is 1. The normalized spacial score (nSPS) is 8.75. The Morgan fingerprint density at radius 2 is 2.00 bits per heavy atom. The van der Waals surface area contributed by atoms with Gasteiger partial charge in [0.05, 0.1) is 6.42 Å². The summed E-state index contributed by atoms with van der Waals surface area (Å²) in [5.74, 6) is -0.0654. The van der Waals surface area contributed by atoms with Gasteiger partial charge in [-0.15, -0.1) is 0 Å². The zero-order valence-electron chi connectivity index (χ0n) is 4.93. The molecule has 0 N–H and O–H groups in total. The van der Waals surface area contributed by atoms with Crippen LogP contribution < -0.4 is 0 Å². The predicted octanol–water partition coefficient (Wildman–Crippen LogP) is 0.855. The van der Waals surface area contributed by atoms with E-state index in [4.69, 9.17) is 0 Å². The minimum Gasteiger partial charge on any atom is -0.300 e. The van der Waals surface area contributed by atoms with Crippen molar-refractivity contribution in [3.05, 3.63) is 0 Å². The van der Waals surface area contributed by atoms with E-state index in [1.165, 1.54) is 6.92 Å². The van der Waals surface area contributed by atoms with Crippen molar-refractivity contribution in [2.45, 2.75) is 13.3 Å². The van der Waals surface area contributed by atoms with E-state index in [1.807, 2.05) is 0 Å². The number of carbonyl (C=O) groups excluding carboxylic acids is 2. The number of rotatable bonds is 2. The van der Waals surface area contributed by atoms with E-state index in [2.05, 4.69) is 0 Å². The quantitative estimate of drug-likeness (QED) is 0.522. The summed E-state index contributed by atoms with van der Waals surface area (Å²) in [6.07, 6.45) is 1.74. The summed E-state index contributed by atoms with van der Waals surface area (Å²) in [6, 6.07) is 0. The van der Waals surface area contributed by atoms with Crippen molar-refractivity contribution >= 4 is 22.7 Å². The molecule has 0 fully saturated rings. The maximum absolute atomic E-state index is 10.4. The van der Waals surface area contributed by atoms with Crippen LogP contribution in [0.2, 0.25) is 0 Å². The van der Waals surface area contributed by atoms with Crippen molar-refractivity contribution in [2.24, 2.45) is 0 Å². The first kappa shape index (κ1) is 7.69. The monoisotopic (exact) mass is 132 g/mol. The second-order valence-corrected chi connectivity index (χ2v) is 2.32. The largest absolute Gasteiger partial charge is 0.300 e. The smallest absolute Gasteiger partial charge is 0.196 e. The van der Waals surface area contributed by atoms with E-state index in [1.54, 1.807) is 6.26 Å². The van der Waals surface area contributed by atoms with Crippen LogP contribution in [-0.2, 0) is 9.59 Å². The van der Waals surface area contributed by atoms with Gasteiger partial charge in [0.15, 0.2) is 5.12 Å². The fraction of sp³-hybridized carbons (Fsp3) is 0.600. The summed E-state index contributed by atoms with van der Waals surface area (Å²) >= 11 is 1.09.